The monoisotopic (exact) mass is 319 g/mol. The van der Waals surface area contributed by atoms with Gasteiger partial charge in [0.15, 0.2) is 11.6 Å². The van der Waals surface area contributed by atoms with E-state index in [0.717, 1.165) is 21.7 Å². The Morgan fingerprint density at radius 3 is 2.32 bits per heavy atom. The summed E-state index contributed by atoms with van der Waals surface area (Å²) in [6.07, 6.45) is 0. The molecule has 19 heavy (non-hydrogen) atoms. The zero-order valence-electron chi connectivity index (χ0n) is 10.5. The average Bonchev–Trinajstić information content (AvgIpc) is 2.38. The molecular weight excluding hydrogens is 309 g/mol. The first-order valence-corrected chi connectivity index (χ1v) is 6.45. The molecule has 0 radical (unpaired) electrons. The molecule has 0 aliphatic heterocycles. The van der Waals surface area contributed by atoms with Crippen molar-refractivity contribution in [3.63, 3.8) is 0 Å². The lowest BCUT2D eigenvalue weighted by Crippen LogP contribution is -1.91. The smallest absolute Gasteiger partial charge is 0.167 e. The number of aryl methyl sites for hydroxylation is 2. The number of hydrogen-bond donors (Lipinski definition) is 0. The van der Waals surface area contributed by atoms with Gasteiger partial charge in [-0.25, -0.2) is 4.39 Å². The minimum absolute atomic E-state index is 0.111. The van der Waals surface area contributed by atoms with Crippen molar-refractivity contribution in [1.29, 1.82) is 5.26 Å². The second kappa shape index (κ2) is 5.41. The first kappa shape index (κ1) is 13.6. The minimum Gasteiger partial charge on any atom is -0.454 e. The quantitative estimate of drug-likeness (QED) is 0.791. The van der Waals surface area contributed by atoms with Gasteiger partial charge in [0.25, 0.3) is 0 Å². The van der Waals surface area contributed by atoms with Crippen molar-refractivity contribution in [1.82, 2.24) is 0 Å². The third kappa shape index (κ3) is 2.94. The molecule has 4 heteroatoms. The number of halogens is 2. The van der Waals surface area contributed by atoms with Crippen LogP contribution in [0.15, 0.2) is 34.8 Å². The summed E-state index contributed by atoms with van der Waals surface area (Å²) in [6, 6.07) is 9.68. The van der Waals surface area contributed by atoms with Crippen LogP contribution in [0.5, 0.6) is 11.5 Å². The molecule has 0 unspecified atom stereocenters. The van der Waals surface area contributed by atoms with Gasteiger partial charge in [0.2, 0.25) is 0 Å². The van der Waals surface area contributed by atoms with Gasteiger partial charge in [-0.1, -0.05) is 15.9 Å². The Bertz CT molecular complexity index is 653. The molecular formula is C15H11BrFNO. The zero-order valence-corrected chi connectivity index (χ0v) is 12.1. The Hall–Kier alpha value is -1.86. The molecule has 2 rings (SSSR count). The van der Waals surface area contributed by atoms with Crippen molar-refractivity contribution >= 4 is 15.9 Å². The fourth-order valence-electron chi connectivity index (χ4n) is 1.75. The van der Waals surface area contributed by atoms with Crippen LogP contribution in [0.1, 0.15) is 16.7 Å². The summed E-state index contributed by atoms with van der Waals surface area (Å²) in [6.45, 7) is 3.89. The third-order valence-electron chi connectivity index (χ3n) is 2.70. The molecule has 0 amide bonds. The van der Waals surface area contributed by atoms with Crippen molar-refractivity contribution in [2.75, 3.05) is 0 Å². The maximum atomic E-state index is 13.7. The summed E-state index contributed by atoms with van der Waals surface area (Å²) in [4.78, 5) is 0. The maximum absolute atomic E-state index is 13.7. The average molecular weight is 320 g/mol. The Kier molecular flexibility index (Phi) is 3.87. The van der Waals surface area contributed by atoms with Crippen molar-refractivity contribution in [3.8, 4) is 17.6 Å². The molecule has 96 valence electrons. The summed E-state index contributed by atoms with van der Waals surface area (Å²) in [5.41, 5.74) is 2.31. The minimum atomic E-state index is -0.544. The zero-order chi connectivity index (χ0) is 14.0. The number of nitriles is 1. The largest absolute Gasteiger partial charge is 0.454 e. The van der Waals surface area contributed by atoms with E-state index in [0.29, 0.717) is 5.75 Å². The van der Waals surface area contributed by atoms with Crippen LogP contribution in [0.2, 0.25) is 0 Å². The van der Waals surface area contributed by atoms with Gasteiger partial charge >= 0.3 is 0 Å². The second-order valence-electron chi connectivity index (χ2n) is 4.23. The molecule has 0 fully saturated rings. The first-order chi connectivity index (χ1) is 9.01. The molecule has 0 N–H and O–H groups in total. The molecule has 0 bridgehead atoms. The van der Waals surface area contributed by atoms with E-state index in [4.69, 9.17) is 10.00 Å². The topological polar surface area (TPSA) is 33.0 Å². The Labute approximate surface area is 119 Å². The highest BCUT2D eigenvalue weighted by atomic mass is 79.9. The normalized spacial score (nSPS) is 10.1. The Balaban J connectivity index is 2.34. The Morgan fingerprint density at radius 2 is 1.79 bits per heavy atom. The number of hydrogen-bond acceptors (Lipinski definition) is 2. The molecule has 0 aromatic heterocycles. The van der Waals surface area contributed by atoms with Gasteiger partial charge in [0, 0.05) is 4.47 Å². The van der Waals surface area contributed by atoms with E-state index < -0.39 is 5.82 Å². The van der Waals surface area contributed by atoms with Crippen LogP contribution in [0, 0.1) is 31.0 Å². The van der Waals surface area contributed by atoms with Crippen LogP contribution in [0.3, 0.4) is 0 Å². The predicted molar refractivity (Wildman–Crippen MR) is 74.8 cm³/mol. The molecule has 0 saturated carbocycles. The van der Waals surface area contributed by atoms with Crippen molar-refractivity contribution in [2.24, 2.45) is 0 Å². The molecule has 0 aliphatic carbocycles. The lowest BCUT2D eigenvalue weighted by molar-refractivity contribution is 0.441. The van der Waals surface area contributed by atoms with E-state index in [9.17, 15) is 4.39 Å². The summed E-state index contributed by atoms with van der Waals surface area (Å²) < 4.78 is 20.3. The molecule has 2 aromatic rings. The highest BCUT2D eigenvalue weighted by Crippen LogP contribution is 2.30. The van der Waals surface area contributed by atoms with Crippen LogP contribution < -0.4 is 4.74 Å². The maximum Gasteiger partial charge on any atom is 0.167 e. The van der Waals surface area contributed by atoms with Crippen molar-refractivity contribution in [2.45, 2.75) is 13.8 Å². The summed E-state index contributed by atoms with van der Waals surface area (Å²) in [5, 5.41) is 8.68. The molecule has 0 atom stereocenters. The van der Waals surface area contributed by atoms with Gasteiger partial charge in [0.05, 0.1) is 11.6 Å². The van der Waals surface area contributed by atoms with Crippen LogP contribution in [-0.2, 0) is 0 Å². The Morgan fingerprint density at radius 1 is 1.16 bits per heavy atom. The summed E-state index contributed by atoms with van der Waals surface area (Å²) in [5.74, 6) is 0.138. The fraction of sp³-hybridized carbons (Fsp3) is 0.133. The van der Waals surface area contributed by atoms with Crippen LogP contribution in [0.25, 0.3) is 0 Å². The van der Waals surface area contributed by atoms with Crippen LogP contribution in [0.4, 0.5) is 4.39 Å². The van der Waals surface area contributed by atoms with E-state index in [1.54, 1.807) is 0 Å². The van der Waals surface area contributed by atoms with Gasteiger partial charge in [-0.2, -0.15) is 5.26 Å². The SMILES string of the molecule is Cc1cc(Oc2ccc(C#N)cc2F)cc(C)c1Br. The molecule has 0 heterocycles. The lowest BCUT2D eigenvalue weighted by atomic mass is 10.1. The van der Waals surface area contributed by atoms with Crippen molar-refractivity contribution < 1.29 is 9.13 Å². The highest BCUT2D eigenvalue weighted by molar-refractivity contribution is 9.10. The van der Waals surface area contributed by atoms with E-state index in [1.165, 1.54) is 12.1 Å². The first-order valence-electron chi connectivity index (χ1n) is 5.65. The molecule has 0 spiro atoms. The molecule has 2 aromatic carbocycles. The molecule has 0 saturated heterocycles. The third-order valence-corrected chi connectivity index (χ3v) is 3.95. The van der Waals surface area contributed by atoms with Gasteiger partial charge < -0.3 is 4.74 Å². The summed E-state index contributed by atoms with van der Waals surface area (Å²) >= 11 is 3.47. The molecule has 2 nitrogen and oxygen atoms in total. The van der Waals surface area contributed by atoms with E-state index >= 15 is 0 Å². The van der Waals surface area contributed by atoms with Crippen LogP contribution in [-0.4, -0.2) is 0 Å². The van der Waals surface area contributed by atoms with Crippen LogP contribution >= 0.6 is 15.9 Å². The van der Waals surface area contributed by atoms with E-state index in [1.807, 2.05) is 32.0 Å². The second-order valence-corrected chi connectivity index (χ2v) is 5.02. The molecule has 0 aliphatic rings. The number of ether oxygens (including phenoxy) is 1. The fourth-order valence-corrected chi connectivity index (χ4v) is 1.97. The van der Waals surface area contributed by atoms with Gasteiger partial charge in [-0.3, -0.25) is 0 Å². The predicted octanol–water partition coefficient (Wildman–Crippen LogP) is 4.87. The number of rotatable bonds is 2. The standard InChI is InChI=1S/C15H11BrFNO/c1-9-5-12(6-10(2)15(9)16)19-14-4-3-11(8-18)7-13(14)17/h3-7H,1-2H3. The number of benzene rings is 2. The van der Waals surface area contributed by atoms with Gasteiger partial charge in [-0.05, 0) is 55.3 Å². The summed E-state index contributed by atoms with van der Waals surface area (Å²) in [7, 11) is 0. The van der Waals surface area contributed by atoms with E-state index in [2.05, 4.69) is 15.9 Å². The van der Waals surface area contributed by atoms with Crippen molar-refractivity contribution in [3.05, 3.63) is 57.3 Å². The lowest BCUT2D eigenvalue weighted by Gasteiger charge is -2.10. The van der Waals surface area contributed by atoms with E-state index in [-0.39, 0.29) is 11.3 Å². The van der Waals surface area contributed by atoms with Gasteiger partial charge in [0.1, 0.15) is 5.75 Å². The number of nitrogens with zero attached hydrogens (tertiary/aromatic N) is 1. The highest BCUT2D eigenvalue weighted by Gasteiger charge is 2.08. The van der Waals surface area contributed by atoms with Gasteiger partial charge in [-0.15, -0.1) is 0 Å².